The van der Waals surface area contributed by atoms with Crippen molar-refractivity contribution >= 4 is 32.5 Å². The molecule has 1 fully saturated rings. The molecule has 1 aliphatic rings. The number of benzene rings is 2. The van der Waals surface area contributed by atoms with Crippen molar-refractivity contribution in [3.8, 4) is 0 Å². The van der Waals surface area contributed by atoms with Gasteiger partial charge in [-0.15, -0.1) is 0 Å². The highest BCUT2D eigenvalue weighted by atomic mass is 32.2. The Morgan fingerprint density at radius 3 is 2.21 bits per heavy atom. The fourth-order valence-electron chi connectivity index (χ4n) is 4.02. The SMILES string of the molecule is CC(=O)c1cccc(S(=O)(=O)N2CCN(C(=O)c3nn(C(C)C)c(=O)c4ccccc34)CC2)c1. The Morgan fingerprint density at radius 2 is 1.59 bits per heavy atom. The fraction of sp³-hybridized carbons (Fsp3) is 0.333. The summed E-state index contributed by atoms with van der Waals surface area (Å²) in [5, 5.41) is 5.26. The highest BCUT2D eigenvalue weighted by Crippen LogP contribution is 2.21. The van der Waals surface area contributed by atoms with Crippen molar-refractivity contribution in [2.75, 3.05) is 26.2 Å². The molecule has 0 radical (unpaired) electrons. The van der Waals surface area contributed by atoms with Crippen LogP contribution in [0.5, 0.6) is 0 Å². The third-order valence-electron chi connectivity index (χ3n) is 5.92. The molecule has 3 aromatic rings. The maximum atomic E-state index is 13.4. The molecule has 178 valence electrons. The van der Waals surface area contributed by atoms with Crippen LogP contribution in [0.25, 0.3) is 10.8 Å². The molecule has 0 N–H and O–H groups in total. The molecule has 0 bridgehead atoms. The van der Waals surface area contributed by atoms with Crippen LogP contribution in [-0.2, 0) is 10.0 Å². The zero-order valence-electron chi connectivity index (χ0n) is 19.3. The number of rotatable bonds is 5. The van der Waals surface area contributed by atoms with Gasteiger partial charge >= 0.3 is 0 Å². The van der Waals surface area contributed by atoms with Crippen LogP contribution in [-0.4, -0.2) is 65.3 Å². The van der Waals surface area contributed by atoms with Crippen molar-refractivity contribution in [2.24, 2.45) is 0 Å². The van der Waals surface area contributed by atoms with Crippen molar-refractivity contribution < 1.29 is 18.0 Å². The van der Waals surface area contributed by atoms with Gasteiger partial charge in [0.1, 0.15) is 0 Å². The van der Waals surface area contributed by atoms with Crippen LogP contribution in [0.2, 0.25) is 0 Å². The van der Waals surface area contributed by atoms with Gasteiger partial charge in [0.15, 0.2) is 11.5 Å². The number of fused-ring (bicyclic) bond motifs is 1. The van der Waals surface area contributed by atoms with Crippen LogP contribution < -0.4 is 5.56 Å². The van der Waals surface area contributed by atoms with E-state index in [-0.39, 0.29) is 60.1 Å². The van der Waals surface area contributed by atoms with E-state index in [0.717, 1.165) is 0 Å². The number of hydrogen-bond acceptors (Lipinski definition) is 6. The van der Waals surface area contributed by atoms with E-state index in [0.29, 0.717) is 16.3 Å². The van der Waals surface area contributed by atoms with Gasteiger partial charge in [-0.05, 0) is 39.0 Å². The predicted molar refractivity (Wildman–Crippen MR) is 127 cm³/mol. The largest absolute Gasteiger partial charge is 0.335 e. The molecule has 1 saturated heterocycles. The second-order valence-electron chi connectivity index (χ2n) is 8.52. The average molecular weight is 483 g/mol. The number of hydrogen-bond donors (Lipinski definition) is 0. The first-order chi connectivity index (χ1) is 16.1. The second kappa shape index (κ2) is 9.11. The molecule has 0 saturated carbocycles. The first kappa shape index (κ1) is 23.8. The van der Waals surface area contributed by atoms with E-state index < -0.39 is 10.0 Å². The van der Waals surface area contributed by atoms with Crippen molar-refractivity contribution in [3.63, 3.8) is 0 Å². The van der Waals surface area contributed by atoms with Gasteiger partial charge in [-0.1, -0.05) is 30.3 Å². The Kier molecular flexibility index (Phi) is 6.37. The number of aromatic nitrogens is 2. The maximum absolute atomic E-state index is 13.4. The Labute approximate surface area is 197 Å². The van der Waals surface area contributed by atoms with Crippen LogP contribution in [0.4, 0.5) is 0 Å². The molecule has 0 unspecified atom stereocenters. The fourth-order valence-corrected chi connectivity index (χ4v) is 5.49. The van der Waals surface area contributed by atoms with Gasteiger partial charge in [-0.3, -0.25) is 14.4 Å². The van der Waals surface area contributed by atoms with Crippen molar-refractivity contribution in [3.05, 3.63) is 70.1 Å². The first-order valence-electron chi connectivity index (χ1n) is 11.0. The number of carbonyl (C=O) groups excluding carboxylic acids is 2. The Bertz CT molecular complexity index is 1440. The minimum Gasteiger partial charge on any atom is -0.335 e. The van der Waals surface area contributed by atoms with Gasteiger partial charge < -0.3 is 4.90 Å². The van der Waals surface area contributed by atoms with Gasteiger partial charge in [-0.2, -0.15) is 9.40 Å². The molecular formula is C24H26N4O5S. The lowest BCUT2D eigenvalue weighted by atomic mass is 10.1. The van der Waals surface area contributed by atoms with Crippen LogP contribution in [0.1, 0.15) is 47.7 Å². The molecule has 2 heterocycles. The van der Waals surface area contributed by atoms with Gasteiger partial charge in [0.05, 0.1) is 16.3 Å². The molecule has 1 aliphatic heterocycles. The summed E-state index contributed by atoms with van der Waals surface area (Å²) in [5.41, 5.74) is 0.244. The van der Waals surface area contributed by atoms with E-state index in [2.05, 4.69) is 5.10 Å². The van der Waals surface area contributed by atoms with Crippen LogP contribution in [0.15, 0.2) is 58.2 Å². The monoisotopic (exact) mass is 482 g/mol. The van der Waals surface area contributed by atoms with E-state index >= 15 is 0 Å². The van der Waals surface area contributed by atoms with Crippen molar-refractivity contribution in [2.45, 2.75) is 31.7 Å². The van der Waals surface area contributed by atoms with E-state index in [1.54, 1.807) is 41.3 Å². The number of amides is 1. The summed E-state index contributed by atoms with van der Waals surface area (Å²) in [4.78, 5) is 39.4. The minimum atomic E-state index is -3.81. The molecule has 34 heavy (non-hydrogen) atoms. The molecule has 9 nitrogen and oxygen atoms in total. The summed E-state index contributed by atoms with van der Waals surface area (Å²) >= 11 is 0. The summed E-state index contributed by atoms with van der Waals surface area (Å²) in [6.07, 6.45) is 0. The standard InChI is InChI=1S/C24H26N4O5S/c1-16(2)28-23(30)21-10-5-4-9-20(21)22(25-28)24(31)26-11-13-27(14-12-26)34(32,33)19-8-6-7-18(15-19)17(3)29/h4-10,15-16H,11-14H2,1-3H3. The zero-order valence-corrected chi connectivity index (χ0v) is 20.1. The summed E-state index contributed by atoms with van der Waals surface area (Å²) in [5.74, 6) is -0.559. The molecule has 0 atom stereocenters. The topological polar surface area (TPSA) is 110 Å². The van der Waals surface area contributed by atoms with Crippen molar-refractivity contribution in [1.82, 2.24) is 19.0 Å². The molecule has 1 aromatic heterocycles. The second-order valence-corrected chi connectivity index (χ2v) is 10.5. The van der Waals surface area contributed by atoms with Gasteiger partial charge in [-0.25, -0.2) is 13.1 Å². The predicted octanol–water partition coefficient (Wildman–Crippen LogP) is 2.33. The summed E-state index contributed by atoms with van der Waals surface area (Å²) in [6.45, 7) is 5.61. The van der Waals surface area contributed by atoms with Gasteiger partial charge in [0.2, 0.25) is 10.0 Å². The van der Waals surface area contributed by atoms with Gasteiger partial charge in [0.25, 0.3) is 11.5 Å². The van der Waals surface area contributed by atoms with E-state index in [1.165, 1.54) is 28.0 Å². The van der Waals surface area contributed by atoms with Crippen LogP contribution in [0.3, 0.4) is 0 Å². The number of ketones is 1. The normalized spacial score (nSPS) is 15.1. The highest BCUT2D eigenvalue weighted by Gasteiger charge is 2.32. The van der Waals surface area contributed by atoms with E-state index in [4.69, 9.17) is 0 Å². The van der Waals surface area contributed by atoms with Crippen molar-refractivity contribution in [1.29, 1.82) is 0 Å². The number of Topliss-reactive ketones (excluding diaryl/α,β-unsaturated/α-hetero) is 1. The number of nitrogens with zero attached hydrogens (tertiary/aromatic N) is 4. The number of piperazine rings is 1. The van der Waals surface area contributed by atoms with E-state index in [9.17, 15) is 22.8 Å². The smallest absolute Gasteiger partial charge is 0.275 e. The molecule has 10 heteroatoms. The summed E-state index contributed by atoms with van der Waals surface area (Å²) < 4.78 is 28.8. The number of carbonyl (C=O) groups is 2. The molecule has 1 amide bonds. The molecular weight excluding hydrogens is 456 g/mol. The first-order valence-corrected chi connectivity index (χ1v) is 12.5. The quantitative estimate of drug-likeness (QED) is 0.516. The Hall–Kier alpha value is -3.37. The summed E-state index contributed by atoms with van der Waals surface area (Å²) in [7, 11) is -3.81. The number of sulfonamides is 1. The minimum absolute atomic E-state index is 0.0525. The van der Waals surface area contributed by atoms with Crippen LogP contribution in [0, 0.1) is 0 Å². The lowest BCUT2D eigenvalue weighted by molar-refractivity contribution is 0.0691. The maximum Gasteiger partial charge on any atom is 0.275 e. The third kappa shape index (κ3) is 4.26. The lowest BCUT2D eigenvalue weighted by Gasteiger charge is -2.34. The molecule has 4 rings (SSSR count). The highest BCUT2D eigenvalue weighted by molar-refractivity contribution is 7.89. The average Bonchev–Trinajstić information content (AvgIpc) is 2.84. The van der Waals surface area contributed by atoms with Gasteiger partial charge in [0, 0.05) is 37.1 Å². The Balaban J connectivity index is 1.59. The molecule has 0 aliphatic carbocycles. The zero-order chi connectivity index (χ0) is 24.6. The summed E-state index contributed by atoms with van der Waals surface area (Å²) in [6, 6.07) is 12.6. The molecule has 2 aromatic carbocycles. The lowest BCUT2D eigenvalue weighted by Crippen LogP contribution is -2.50. The molecule has 0 spiro atoms. The Morgan fingerprint density at radius 1 is 0.941 bits per heavy atom. The van der Waals surface area contributed by atoms with E-state index in [1.807, 2.05) is 13.8 Å². The van der Waals surface area contributed by atoms with Crippen LogP contribution >= 0.6 is 0 Å². The third-order valence-corrected chi connectivity index (χ3v) is 7.82.